The second-order valence-corrected chi connectivity index (χ2v) is 25.5. The molecule has 1 amide bonds. The molecule has 1 aliphatic heterocycles. The number of methoxy groups -OCH3 is 1. The lowest BCUT2D eigenvalue weighted by Gasteiger charge is -2.59. The molecule has 25 nitrogen and oxygen atoms in total. The number of hydrogen-bond acceptors (Lipinski definition) is 24. The first-order valence-electron chi connectivity index (χ1n) is 29.4. The number of aromatic nitrogens is 3. The van der Waals surface area contributed by atoms with E-state index in [2.05, 4.69) is 15.6 Å². The number of ether oxygens (including phenoxy) is 6. The maximum absolute atomic E-state index is 17.2. The number of Topliss-reactive ketones (excluding diaryl/α,β-unsaturated/α-hetero) is 2. The number of nitrogens with zero attached hydrogens (tertiary/aromatic N) is 3. The molecule has 1 saturated heterocycles. The quantitative estimate of drug-likeness (QED) is 0.0354. The summed E-state index contributed by atoms with van der Waals surface area (Å²) in [6, 6.07) is 9.17. The third-order valence-corrected chi connectivity index (χ3v) is 20.3. The minimum atomic E-state index is -2.41. The molecule has 1 aromatic heterocycles. The van der Waals surface area contributed by atoms with Crippen LogP contribution in [-0.2, 0) is 68.2 Å². The summed E-state index contributed by atoms with van der Waals surface area (Å²) in [4.78, 5) is 106. The first-order valence-corrected chi connectivity index (χ1v) is 30.5. The third-order valence-electron chi connectivity index (χ3n) is 19.3. The Labute approximate surface area is 517 Å². The lowest BCUT2D eigenvalue weighted by molar-refractivity contribution is -0.249. The van der Waals surface area contributed by atoms with Crippen molar-refractivity contribution in [2.45, 2.75) is 138 Å². The van der Waals surface area contributed by atoms with Crippen LogP contribution in [0.25, 0.3) is 0 Å². The Bertz CT molecular complexity index is 3690. The molecule has 27 heteroatoms. The molecule has 3 aromatic carbocycles. The number of rotatable bonds is 18. The van der Waals surface area contributed by atoms with E-state index in [0.717, 1.165) is 11.8 Å². The number of allylic oxidation sites excluding steroid dienone is 4. The number of alkyl halides is 1. The predicted molar refractivity (Wildman–Crippen MR) is 308 cm³/mol. The smallest absolute Gasteiger partial charge is 0.407 e. The summed E-state index contributed by atoms with van der Waals surface area (Å²) >= 11 is 1.14. The highest BCUT2D eigenvalue weighted by molar-refractivity contribution is 7.99. The second-order valence-electron chi connectivity index (χ2n) is 24.5. The Hall–Kier alpha value is -7.76. The summed E-state index contributed by atoms with van der Waals surface area (Å²) < 4.78 is 52.1. The molecule has 14 atom stereocenters. The van der Waals surface area contributed by atoms with Crippen LogP contribution in [0, 0.1) is 29.1 Å². The number of carbonyl (C=O) groups excluding carboxylic acids is 8. The summed E-state index contributed by atoms with van der Waals surface area (Å²) in [6.45, 7) is 2.26. The van der Waals surface area contributed by atoms with Crippen LogP contribution in [-0.4, -0.2) is 171 Å². The van der Waals surface area contributed by atoms with Crippen molar-refractivity contribution < 1.29 is 107 Å². The Kier molecular flexibility index (Phi) is 17.3. The van der Waals surface area contributed by atoms with Gasteiger partial charge in [0.25, 0.3) is 0 Å². The van der Waals surface area contributed by atoms with E-state index in [1.54, 1.807) is 26.0 Å². The molecule has 90 heavy (non-hydrogen) atoms. The highest BCUT2D eigenvalue weighted by Crippen LogP contribution is 2.68. The van der Waals surface area contributed by atoms with Gasteiger partial charge in [-0.05, 0) is 80.4 Å². The van der Waals surface area contributed by atoms with Crippen molar-refractivity contribution in [3.05, 3.63) is 117 Å². The average Bonchev–Trinajstić information content (AvgIpc) is 1.39. The zero-order valence-corrected chi connectivity index (χ0v) is 50.1. The minimum absolute atomic E-state index is 0.0232. The van der Waals surface area contributed by atoms with E-state index < -0.39 is 179 Å². The first kappa shape index (κ1) is 63.8. The molecule has 1 unspecified atom stereocenters. The molecule has 4 aromatic rings. The molecular formula is C63H67FN4O21S. The Balaban J connectivity index is 0.633. The molecule has 478 valence electrons. The molecule has 0 bridgehead atoms. The summed E-state index contributed by atoms with van der Waals surface area (Å²) in [5.74, 6) is -9.15. The number of halogens is 1. The number of aliphatic hydroxyl groups is 5. The van der Waals surface area contributed by atoms with Gasteiger partial charge in [-0.25, -0.2) is 13.9 Å². The van der Waals surface area contributed by atoms with Crippen LogP contribution >= 0.6 is 11.8 Å². The van der Waals surface area contributed by atoms with Gasteiger partial charge < -0.3 is 69.5 Å². The van der Waals surface area contributed by atoms with Crippen molar-refractivity contribution in [3.8, 4) is 23.0 Å². The highest BCUT2D eigenvalue weighted by Gasteiger charge is 2.73. The second kappa shape index (κ2) is 24.5. The zero-order valence-electron chi connectivity index (χ0n) is 49.3. The van der Waals surface area contributed by atoms with Gasteiger partial charge in [-0.3, -0.25) is 33.6 Å². The van der Waals surface area contributed by atoms with E-state index in [9.17, 15) is 74.1 Å². The molecule has 4 fully saturated rings. The van der Waals surface area contributed by atoms with Gasteiger partial charge in [0.15, 0.2) is 30.2 Å². The number of hydrogen-bond donors (Lipinski definition) is 8. The van der Waals surface area contributed by atoms with Crippen LogP contribution < -0.4 is 14.8 Å². The number of fused-ring (bicyclic) bond motifs is 8. The summed E-state index contributed by atoms with van der Waals surface area (Å²) in [5, 5.41) is 90.4. The van der Waals surface area contributed by atoms with E-state index in [-0.39, 0.29) is 70.5 Å². The van der Waals surface area contributed by atoms with Crippen LogP contribution in [0.15, 0.2) is 72.5 Å². The minimum Gasteiger partial charge on any atom is -0.507 e. The fraction of sp³-hybridized carbons (Fsp3) is 0.492. The predicted octanol–water partition coefficient (Wildman–Crippen LogP) is 3.47. The number of amides is 1. The van der Waals surface area contributed by atoms with Crippen molar-refractivity contribution >= 4 is 58.7 Å². The number of thioether (sulfide) groups is 1. The maximum Gasteiger partial charge on any atom is 0.407 e. The van der Waals surface area contributed by atoms with Crippen molar-refractivity contribution in [3.63, 3.8) is 0 Å². The maximum atomic E-state index is 17.2. The average molecular weight is 1270 g/mol. The number of aliphatic hydroxyl groups excluding tert-OH is 3. The highest BCUT2D eigenvalue weighted by atomic mass is 32.2. The van der Waals surface area contributed by atoms with Crippen LogP contribution in [0.1, 0.15) is 120 Å². The Morgan fingerprint density at radius 3 is 2.39 bits per heavy atom. The van der Waals surface area contributed by atoms with Gasteiger partial charge in [-0.2, -0.15) is 0 Å². The van der Waals surface area contributed by atoms with Gasteiger partial charge in [0.05, 0.1) is 59.6 Å². The van der Waals surface area contributed by atoms with E-state index >= 15 is 4.39 Å². The Morgan fingerprint density at radius 1 is 0.911 bits per heavy atom. The molecular weight excluding hydrogens is 1200 g/mol. The fourth-order valence-corrected chi connectivity index (χ4v) is 15.6. The van der Waals surface area contributed by atoms with Gasteiger partial charge >= 0.3 is 18.0 Å². The van der Waals surface area contributed by atoms with Crippen LogP contribution in [0.5, 0.6) is 23.0 Å². The lowest BCUT2D eigenvalue weighted by Crippen LogP contribution is -2.67. The van der Waals surface area contributed by atoms with E-state index in [0.29, 0.717) is 36.1 Å². The van der Waals surface area contributed by atoms with Crippen molar-refractivity contribution in [2.24, 2.45) is 29.1 Å². The number of phenols is 2. The van der Waals surface area contributed by atoms with Gasteiger partial charge in [0.2, 0.25) is 11.6 Å². The molecule has 7 aliphatic rings. The normalized spacial score (nSPS) is 31.4. The molecule has 0 spiro atoms. The molecule has 0 radical (unpaired) electrons. The number of ketones is 5. The Morgan fingerprint density at radius 2 is 1.66 bits per heavy atom. The van der Waals surface area contributed by atoms with Crippen LogP contribution in [0.2, 0.25) is 0 Å². The van der Waals surface area contributed by atoms with Gasteiger partial charge in [-0.1, -0.05) is 55.0 Å². The first-order chi connectivity index (χ1) is 42.7. The topological polar surface area (TPSA) is 376 Å². The van der Waals surface area contributed by atoms with Crippen molar-refractivity contribution in [1.82, 2.24) is 20.3 Å². The van der Waals surface area contributed by atoms with Crippen molar-refractivity contribution in [1.29, 1.82) is 0 Å². The zero-order chi connectivity index (χ0) is 64.5. The number of alkyl carbamates (subject to hydrolysis) is 1. The standard InChI is InChI=1S/C63H67FN4O21S/c1-29-16-40-39-14-10-32-17-34(70)11-15-38(32)62(39,64)44(71)21-60(40,3)63(29,83)46(73)26-85-47(74)23-68-22-33(66-67-68)27-90-28-48(75)88-35-12-8-31(9-13-35)25-86-59(81)65-41-18-49(87-30(2)54(41)76)89-43-20-61(82,45(72)24-69)19-37-51(43)58(80)53-52(56(37)78)55(77)36-6-5-7-42(84-4)50(36)57(53)79/h5-9,11-13,15,17,22,29-30,38-41,43-44,49,54,69,71,76,78,80,82-83H,10,14,16,18-21,23-28H2,1-4H3,(H,65,81)/t29-,30+,38?,39+,40+,41+,43+,44+,49+,54-,60+,61+,62+,63+/m1/s1. The monoisotopic (exact) mass is 1270 g/mol. The van der Waals surface area contributed by atoms with E-state index in [4.69, 9.17) is 28.4 Å². The third kappa shape index (κ3) is 11.1. The summed E-state index contributed by atoms with van der Waals surface area (Å²) in [7, 11) is 1.28. The number of aromatic hydroxyl groups is 2. The number of carbonyl (C=O) groups is 8. The van der Waals surface area contributed by atoms with E-state index in [1.807, 2.05) is 0 Å². The SMILES string of the molecule is COc1cccc2c1C(=O)c1c(O)c3c(c(O)c1C2=O)C[C@@](O)(C(=O)CO)C[C@@H]3O[C@H]1C[C@H](NC(=O)OCc2ccc(OC(=O)CSCc3cn(CC(=O)OCC(=O)[C@@]4(O)[C@H](C)C[C@H]5[C@@H]6CCC7=CC(=O)C=CC7[C@@]6(F)[C@@H](O)C[C@@]54C)nn3)cc2)[C@H](O)[C@H](C)O1. The molecule has 8 N–H and O–H groups in total. The summed E-state index contributed by atoms with van der Waals surface area (Å²) in [6.07, 6.45) is -2.78. The van der Waals surface area contributed by atoms with Gasteiger partial charge in [0.1, 0.15) is 65.7 Å². The van der Waals surface area contributed by atoms with Crippen molar-refractivity contribution in [2.75, 3.05) is 26.1 Å². The number of nitrogens with one attached hydrogen (secondary N) is 1. The molecule has 3 saturated carbocycles. The number of benzene rings is 3. The lowest BCUT2D eigenvalue weighted by atomic mass is 9.48. The van der Waals surface area contributed by atoms with Gasteiger partial charge in [-0.15, -0.1) is 16.9 Å². The largest absolute Gasteiger partial charge is 0.507 e. The van der Waals surface area contributed by atoms with Crippen LogP contribution in [0.3, 0.4) is 0 Å². The van der Waals surface area contributed by atoms with E-state index in [1.165, 1.54) is 73.5 Å². The molecule has 11 rings (SSSR count). The summed E-state index contributed by atoms with van der Waals surface area (Å²) in [5.41, 5.74) is -8.25. The number of esters is 2. The van der Waals surface area contributed by atoms with Crippen LogP contribution in [0.4, 0.5) is 9.18 Å². The molecule has 6 aliphatic carbocycles. The fourth-order valence-electron chi connectivity index (χ4n) is 14.9. The number of phenolic OH excluding ortho intramolecular Hbond substituents is 2. The van der Waals surface area contributed by atoms with Gasteiger partial charge in [0, 0.05) is 65.2 Å². The molecule has 2 heterocycles.